The summed E-state index contributed by atoms with van der Waals surface area (Å²) in [4.78, 5) is 4.70. The van der Waals surface area contributed by atoms with Crippen LogP contribution in [-0.4, -0.2) is 28.9 Å². The lowest BCUT2D eigenvalue weighted by Crippen LogP contribution is -2.32. The summed E-state index contributed by atoms with van der Waals surface area (Å²) >= 11 is 0. The second-order valence-electron chi connectivity index (χ2n) is 6.37. The summed E-state index contributed by atoms with van der Waals surface area (Å²) in [5, 5.41) is 4.23. The molecule has 3 unspecified atom stereocenters. The Morgan fingerprint density at radius 2 is 2.11 bits per heavy atom. The van der Waals surface area contributed by atoms with E-state index >= 15 is 0 Å². The summed E-state index contributed by atoms with van der Waals surface area (Å²) < 4.78 is 11.4. The number of hydrogen-bond acceptors (Lipinski definition) is 5. The molecular weight excluding hydrogens is 242 g/mol. The number of nitrogens with two attached hydrogens (primary N) is 1. The van der Waals surface area contributed by atoms with Crippen molar-refractivity contribution in [1.82, 2.24) is 10.1 Å². The lowest BCUT2D eigenvalue weighted by atomic mass is 9.86. The number of hydrogen-bond donors (Lipinski definition) is 1. The average Bonchev–Trinajstić information content (AvgIpc) is 3.20. The van der Waals surface area contributed by atoms with Crippen LogP contribution >= 0.6 is 0 Å². The smallest absolute Gasteiger partial charge is 0.234 e. The zero-order chi connectivity index (χ0) is 12.9. The van der Waals surface area contributed by atoms with Crippen LogP contribution in [0.25, 0.3) is 0 Å². The Bertz CT molecular complexity index is 467. The summed E-state index contributed by atoms with van der Waals surface area (Å²) in [7, 11) is 0. The van der Waals surface area contributed by atoms with Crippen LogP contribution in [0.3, 0.4) is 0 Å². The first kappa shape index (κ1) is 11.9. The summed E-state index contributed by atoms with van der Waals surface area (Å²) in [5.74, 6) is 1.96. The molecule has 0 spiro atoms. The summed E-state index contributed by atoms with van der Waals surface area (Å²) in [6, 6.07) is 0. The fraction of sp³-hybridized carbons (Fsp3) is 0.857. The van der Waals surface area contributed by atoms with Gasteiger partial charge >= 0.3 is 0 Å². The van der Waals surface area contributed by atoms with Gasteiger partial charge in [-0.3, -0.25) is 0 Å². The maximum absolute atomic E-state index is 5.97. The number of ether oxygens (including phenoxy) is 1. The fourth-order valence-electron chi connectivity index (χ4n) is 4.07. The zero-order valence-electron chi connectivity index (χ0n) is 11.2. The van der Waals surface area contributed by atoms with E-state index in [0.29, 0.717) is 24.7 Å². The summed E-state index contributed by atoms with van der Waals surface area (Å²) in [5.41, 5.74) is 5.92. The van der Waals surface area contributed by atoms with Gasteiger partial charge in [0, 0.05) is 6.54 Å². The van der Waals surface area contributed by atoms with Crippen LogP contribution in [0, 0.1) is 0 Å². The van der Waals surface area contributed by atoms with E-state index in [1.165, 1.54) is 19.3 Å². The molecule has 0 amide bonds. The van der Waals surface area contributed by atoms with Crippen LogP contribution in [0.1, 0.15) is 62.6 Å². The Morgan fingerprint density at radius 1 is 1.26 bits per heavy atom. The largest absolute Gasteiger partial charge is 0.374 e. The van der Waals surface area contributed by atoms with Gasteiger partial charge in [-0.25, -0.2) is 0 Å². The second-order valence-corrected chi connectivity index (χ2v) is 6.37. The molecule has 5 heteroatoms. The molecule has 0 radical (unpaired) electrons. The maximum atomic E-state index is 5.97. The highest BCUT2D eigenvalue weighted by Gasteiger charge is 2.45. The summed E-state index contributed by atoms with van der Waals surface area (Å²) in [6.45, 7) is 0.613. The third kappa shape index (κ3) is 1.75. The van der Waals surface area contributed by atoms with Crippen molar-refractivity contribution in [1.29, 1.82) is 0 Å². The molecule has 104 valence electrons. The van der Waals surface area contributed by atoms with E-state index in [-0.39, 0.29) is 5.41 Å². The Labute approximate surface area is 112 Å². The van der Waals surface area contributed by atoms with E-state index in [9.17, 15) is 0 Å². The molecule has 19 heavy (non-hydrogen) atoms. The van der Waals surface area contributed by atoms with Gasteiger partial charge in [-0.15, -0.1) is 0 Å². The first-order chi connectivity index (χ1) is 9.31. The van der Waals surface area contributed by atoms with Gasteiger partial charge in [0.1, 0.15) is 0 Å². The fourth-order valence-corrected chi connectivity index (χ4v) is 4.07. The van der Waals surface area contributed by atoms with Crippen LogP contribution in [0.2, 0.25) is 0 Å². The van der Waals surface area contributed by atoms with Crippen LogP contribution in [0.15, 0.2) is 4.52 Å². The lowest BCUT2D eigenvalue weighted by Gasteiger charge is -2.21. The highest BCUT2D eigenvalue weighted by Crippen LogP contribution is 2.45. The highest BCUT2D eigenvalue weighted by atomic mass is 16.5. The number of nitrogens with zero attached hydrogens (tertiary/aromatic N) is 2. The SMILES string of the molecule is NCC1(c2nc(C3CC4CCC3O4)no2)CCCC1. The van der Waals surface area contributed by atoms with E-state index in [1.54, 1.807) is 0 Å². The van der Waals surface area contributed by atoms with Gasteiger partial charge < -0.3 is 15.0 Å². The van der Waals surface area contributed by atoms with Gasteiger partial charge in [0.05, 0.1) is 23.5 Å². The van der Waals surface area contributed by atoms with Crippen molar-refractivity contribution in [3.8, 4) is 0 Å². The molecule has 1 aromatic heterocycles. The molecule has 1 saturated carbocycles. The van der Waals surface area contributed by atoms with Crippen LogP contribution in [0.5, 0.6) is 0 Å². The molecular formula is C14H21N3O2. The Hall–Kier alpha value is -0.940. The van der Waals surface area contributed by atoms with Crippen molar-refractivity contribution < 1.29 is 9.26 Å². The Kier molecular flexibility index (Phi) is 2.67. The predicted octanol–water partition coefficient (Wildman–Crippen LogP) is 1.87. The third-order valence-electron chi connectivity index (χ3n) is 5.28. The van der Waals surface area contributed by atoms with E-state index < -0.39 is 0 Å². The molecule has 3 heterocycles. The number of rotatable bonds is 3. The molecule has 3 fully saturated rings. The van der Waals surface area contributed by atoms with Crippen molar-refractivity contribution >= 4 is 0 Å². The summed E-state index contributed by atoms with van der Waals surface area (Å²) in [6.07, 6.45) is 8.72. The van der Waals surface area contributed by atoms with E-state index in [4.69, 9.17) is 20.0 Å². The van der Waals surface area contributed by atoms with Crippen LogP contribution in [0.4, 0.5) is 0 Å². The monoisotopic (exact) mass is 263 g/mol. The number of aromatic nitrogens is 2. The molecule has 1 aromatic rings. The van der Waals surface area contributed by atoms with Crippen molar-refractivity contribution in [2.75, 3.05) is 6.54 Å². The van der Waals surface area contributed by atoms with Crippen molar-refractivity contribution in [2.24, 2.45) is 5.73 Å². The average molecular weight is 263 g/mol. The molecule has 3 aliphatic rings. The Balaban J connectivity index is 1.59. The molecule has 5 nitrogen and oxygen atoms in total. The van der Waals surface area contributed by atoms with Gasteiger partial charge in [-0.2, -0.15) is 4.98 Å². The molecule has 4 rings (SSSR count). The molecule has 1 aliphatic carbocycles. The normalized spacial score (nSPS) is 36.2. The maximum Gasteiger partial charge on any atom is 0.234 e. The molecule has 0 aromatic carbocycles. The first-order valence-corrected chi connectivity index (χ1v) is 7.50. The number of fused-ring (bicyclic) bond motifs is 2. The standard InChI is InChI=1S/C14H21N3O2/c15-8-14(5-1-2-6-14)13-16-12(17-19-13)10-7-9-3-4-11(10)18-9/h9-11H,1-8,15H2. The molecule has 2 bridgehead atoms. The quantitative estimate of drug-likeness (QED) is 0.901. The molecule has 2 aliphatic heterocycles. The predicted molar refractivity (Wildman–Crippen MR) is 68.8 cm³/mol. The van der Waals surface area contributed by atoms with Crippen molar-refractivity contribution in [3.05, 3.63) is 11.7 Å². The van der Waals surface area contributed by atoms with E-state index in [0.717, 1.165) is 37.4 Å². The third-order valence-corrected chi connectivity index (χ3v) is 5.28. The van der Waals surface area contributed by atoms with E-state index in [2.05, 4.69) is 5.16 Å². The minimum absolute atomic E-state index is 0.0519. The van der Waals surface area contributed by atoms with Crippen LogP contribution < -0.4 is 5.73 Å². The van der Waals surface area contributed by atoms with Gasteiger partial charge in [0.25, 0.3) is 0 Å². The van der Waals surface area contributed by atoms with Crippen LogP contribution in [-0.2, 0) is 10.2 Å². The van der Waals surface area contributed by atoms with Gasteiger partial charge in [-0.1, -0.05) is 18.0 Å². The van der Waals surface area contributed by atoms with Gasteiger partial charge in [0.2, 0.25) is 5.89 Å². The van der Waals surface area contributed by atoms with Gasteiger partial charge in [0.15, 0.2) is 5.82 Å². The van der Waals surface area contributed by atoms with Crippen molar-refractivity contribution in [3.63, 3.8) is 0 Å². The lowest BCUT2D eigenvalue weighted by molar-refractivity contribution is 0.0996. The van der Waals surface area contributed by atoms with Crippen molar-refractivity contribution in [2.45, 2.75) is 68.5 Å². The minimum atomic E-state index is -0.0519. The van der Waals surface area contributed by atoms with Gasteiger partial charge in [-0.05, 0) is 32.1 Å². The topological polar surface area (TPSA) is 74.2 Å². The first-order valence-electron chi connectivity index (χ1n) is 7.50. The molecule has 2 saturated heterocycles. The Morgan fingerprint density at radius 3 is 2.74 bits per heavy atom. The zero-order valence-corrected chi connectivity index (χ0v) is 11.2. The highest BCUT2D eigenvalue weighted by molar-refractivity contribution is 5.13. The molecule has 3 atom stereocenters. The second kappa shape index (κ2) is 4.28. The van der Waals surface area contributed by atoms with E-state index in [1.807, 2.05) is 0 Å². The molecule has 2 N–H and O–H groups in total. The minimum Gasteiger partial charge on any atom is -0.374 e.